The maximum Gasteiger partial charge on any atom is 0.254 e. The number of rotatable bonds is 14. The summed E-state index contributed by atoms with van der Waals surface area (Å²) in [5, 5.41) is 5.77. The number of hydrogen-bond donors (Lipinski definition) is 2. The van der Waals surface area contributed by atoms with Crippen molar-refractivity contribution in [3.05, 3.63) is 162 Å². The van der Waals surface area contributed by atoms with Crippen LogP contribution in [0.4, 0.5) is 5.69 Å². The molecule has 2 amide bonds. The van der Waals surface area contributed by atoms with Gasteiger partial charge in [0, 0.05) is 5.69 Å². The molecule has 2 unspecified atom stereocenters. The zero-order chi connectivity index (χ0) is 30.4. The predicted octanol–water partition coefficient (Wildman–Crippen LogP) is 7.08. The van der Waals surface area contributed by atoms with E-state index in [9.17, 15) is 9.59 Å². The number of carbonyl (C=O) groups excluding carboxylic acids is 2. The third kappa shape index (κ3) is 9.13. The molecule has 0 aliphatic carbocycles. The third-order valence-corrected chi connectivity index (χ3v) is 6.73. The van der Waals surface area contributed by atoms with Crippen molar-refractivity contribution in [3.8, 4) is 11.5 Å². The van der Waals surface area contributed by atoms with Crippen molar-refractivity contribution >= 4 is 17.5 Å². The van der Waals surface area contributed by atoms with Gasteiger partial charge in [-0.2, -0.15) is 0 Å². The molecule has 5 rings (SSSR count). The molecule has 0 aromatic heterocycles. The van der Waals surface area contributed by atoms with Gasteiger partial charge in [0.15, 0.2) is 6.10 Å². The molecule has 0 saturated heterocycles. The van der Waals surface area contributed by atoms with Crippen LogP contribution in [0.15, 0.2) is 146 Å². The highest BCUT2D eigenvalue weighted by Crippen LogP contribution is 2.23. The van der Waals surface area contributed by atoms with Crippen molar-refractivity contribution in [2.75, 3.05) is 11.9 Å². The number of carbonyl (C=O) groups is 2. The van der Waals surface area contributed by atoms with Gasteiger partial charge >= 0.3 is 0 Å². The summed E-state index contributed by atoms with van der Waals surface area (Å²) < 4.78 is 17.9. The summed E-state index contributed by atoms with van der Waals surface area (Å²) in [6.45, 7) is 0.479. The Morgan fingerprint density at radius 2 is 1.09 bits per heavy atom. The molecule has 7 heteroatoms. The molecule has 0 saturated carbocycles. The Labute approximate surface area is 257 Å². The Kier molecular flexibility index (Phi) is 10.9. The Morgan fingerprint density at radius 3 is 1.70 bits per heavy atom. The summed E-state index contributed by atoms with van der Waals surface area (Å²) in [4.78, 5) is 27.2. The van der Waals surface area contributed by atoms with E-state index in [1.165, 1.54) is 0 Å². The van der Waals surface area contributed by atoms with Crippen LogP contribution in [0.2, 0.25) is 0 Å². The van der Waals surface area contributed by atoms with Gasteiger partial charge in [-0.1, -0.05) is 109 Å². The monoisotopic (exact) mass is 586 g/mol. The molecule has 0 spiro atoms. The van der Waals surface area contributed by atoms with Crippen LogP contribution in [0.1, 0.15) is 22.8 Å². The summed E-state index contributed by atoms with van der Waals surface area (Å²) in [6, 6.07) is 44.0. The lowest BCUT2D eigenvalue weighted by Crippen LogP contribution is -2.48. The first kappa shape index (κ1) is 30.2. The maximum absolute atomic E-state index is 13.7. The van der Waals surface area contributed by atoms with Crippen LogP contribution in [0.25, 0.3) is 0 Å². The largest absolute Gasteiger partial charge is 0.457 e. The van der Waals surface area contributed by atoms with E-state index < -0.39 is 24.0 Å². The fourth-order valence-corrected chi connectivity index (χ4v) is 4.46. The van der Waals surface area contributed by atoms with Gasteiger partial charge in [0.1, 0.15) is 17.5 Å². The number of hydrogen-bond acceptors (Lipinski definition) is 5. The van der Waals surface area contributed by atoms with Gasteiger partial charge in [-0.3, -0.25) is 9.59 Å². The minimum absolute atomic E-state index is 0.0398. The Bertz CT molecular complexity index is 1580. The first-order valence-corrected chi connectivity index (χ1v) is 14.4. The first-order chi connectivity index (χ1) is 21.6. The molecular formula is C37H34N2O5. The molecule has 222 valence electrons. The topological polar surface area (TPSA) is 85.9 Å². The quantitative estimate of drug-likeness (QED) is 0.145. The predicted molar refractivity (Wildman–Crippen MR) is 170 cm³/mol. The molecule has 0 radical (unpaired) electrons. The lowest BCUT2D eigenvalue weighted by Gasteiger charge is -2.23. The lowest BCUT2D eigenvalue weighted by molar-refractivity contribution is -0.138. The molecule has 0 fully saturated rings. The van der Waals surface area contributed by atoms with Crippen LogP contribution in [0.3, 0.4) is 0 Å². The number of benzene rings is 5. The molecule has 0 aliphatic rings. The zero-order valence-electron chi connectivity index (χ0n) is 24.2. The number of para-hydroxylation sites is 1. The highest BCUT2D eigenvalue weighted by atomic mass is 16.5. The van der Waals surface area contributed by atoms with Crippen LogP contribution >= 0.6 is 0 Å². The second-order valence-electron chi connectivity index (χ2n) is 10.1. The van der Waals surface area contributed by atoms with Crippen molar-refractivity contribution in [2.45, 2.75) is 25.4 Å². The van der Waals surface area contributed by atoms with Crippen LogP contribution in [-0.4, -0.2) is 24.5 Å². The Morgan fingerprint density at radius 1 is 0.568 bits per heavy atom. The molecule has 7 nitrogen and oxygen atoms in total. The zero-order valence-corrected chi connectivity index (χ0v) is 24.2. The van der Waals surface area contributed by atoms with E-state index in [1.807, 2.05) is 121 Å². The molecule has 0 bridgehead atoms. The van der Waals surface area contributed by atoms with E-state index in [0.717, 1.165) is 11.1 Å². The van der Waals surface area contributed by atoms with Crippen molar-refractivity contribution in [1.29, 1.82) is 0 Å². The van der Waals surface area contributed by atoms with Crippen LogP contribution in [0, 0.1) is 0 Å². The molecule has 5 aromatic carbocycles. The standard InChI is InChI=1S/C37H34N2O5/c40-36(38-31-21-23-33(24-22-31)44-32-19-11-4-12-20-32)34(27-42-25-28-13-5-1-6-14-28)39-37(41)35(30-17-9-3-10-18-30)43-26-29-15-7-2-8-16-29/h1-24,34-35H,25-27H2,(H,38,40)(H,39,41). The second-order valence-corrected chi connectivity index (χ2v) is 10.1. The Balaban J connectivity index is 1.28. The van der Waals surface area contributed by atoms with Crippen molar-refractivity contribution in [2.24, 2.45) is 0 Å². The summed E-state index contributed by atoms with van der Waals surface area (Å²) in [6.07, 6.45) is -0.935. The van der Waals surface area contributed by atoms with Gasteiger partial charge in [-0.25, -0.2) is 0 Å². The normalized spacial score (nSPS) is 12.1. The number of amides is 2. The van der Waals surface area contributed by atoms with E-state index in [0.29, 0.717) is 29.4 Å². The van der Waals surface area contributed by atoms with Crippen LogP contribution in [0.5, 0.6) is 11.5 Å². The maximum atomic E-state index is 13.7. The molecular weight excluding hydrogens is 552 g/mol. The van der Waals surface area contributed by atoms with Gasteiger partial charge in [0.25, 0.3) is 5.91 Å². The summed E-state index contributed by atoms with van der Waals surface area (Å²) in [7, 11) is 0. The van der Waals surface area contributed by atoms with Crippen molar-refractivity contribution in [3.63, 3.8) is 0 Å². The molecule has 5 aromatic rings. The molecule has 2 N–H and O–H groups in total. The molecule has 2 atom stereocenters. The minimum Gasteiger partial charge on any atom is -0.457 e. The van der Waals surface area contributed by atoms with Gasteiger partial charge < -0.3 is 24.8 Å². The average Bonchev–Trinajstić information content (AvgIpc) is 3.07. The van der Waals surface area contributed by atoms with Crippen molar-refractivity contribution < 1.29 is 23.8 Å². The third-order valence-electron chi connectivity index (χ3n) is 6.73. The average molecular weight is 587 g/mol. The summed E-state index contributed by atoms with van der Waals surface area (Å²) in [5.41, 5.74) is 3.12. The molecule has 0 aliphatic heterocycles. The van der Waals surface area contributed by atoms with Gasteiger partial charge in [-0.05, 0) is 53.1 Å². The van der Waals surface area contributed by atoms with Crippen molar-refractivity contribution in [1.82, 2.24) is 5.32 Å². The van der Waals surface area contributed by atoms with E-state index >= 15 is 0 Å². The smallest absolute Gasteiger partial charge is 0.254 e. The Hall–Kier alpha value is -5.24. The lowest BCUT2D eigenvalue weighted by atomic mass is 10.1. The highest BCUT2D eigenvalue weighted by molar-refractivity contribution is 5.98. The minimum atomic E-state index is -0.988. The van der Waals surface area contributed by atoms with Gasteiger partial charge in [-0.15, -0.1) is 0 Å². The number of nitrogens with one attached hydrogen (secondary N) is 2. The van der Waals surface area contributed by atoms with Crippen LogP contribution < -0.4 is 15.4 Å². The van der Waals surface area contributed by atoms with E-state index in [4.69, 9.17) is 14.2 Å². The van der Waals surface area contributed by atoms with E-state index in [2.05, 4.69) is 10.6 Å². The first-order valence-electron chi connectivity index (χ1n) is 14.4. The SMILES string of the molecule is O=C(Nc1ccc(Oc2ccccc2)cc1)C(COCc1ccccc1)NC(=O)C(OCc1ccccc1)c1ccccc1. The van der Waals surface area contributed by atoms with E-state index in [-0.39, 0.29) is 13.2 Å². The number of ether oxygens (including phenoxy) is 3. The fraction of sp³-hybridized carbons (Fsp3) is 0.135. The summed E-state index contributed by atoms with van der Waals surface area (Å²) >= 11 is 0. The van der Waals surface area contributed by atoms with Gasteiger partial charge in [0.05, 0.1) is 19.8 Å². The summed E-state index contributed by atoms with van der Waals surface area (Å²) in [5.74, 6) is 0.483. The fourth-order valence-electron chi connectivity index (χ4n) is 4.46. The second kappa shape index (κ2) is 15.8. The van der Waals surface area contributed by atoms with Gasteiger partial charge in [0.2, 0.25) is 5.91 Å². The molecule has 0 heterocycles. The van der Waals surface area contributed by atoms with Crippen LogP contribution in [-0.2, 0) is 32.3 Å². The number of anilines is 1. The molecule has 44 heavy (non-hydrogen) atoms. The highest BCUT2D eigenvalue weighted by Gasteiger charge is 2.28. The van der Waals surface area contributed by atoms with E-state index in [1.54, 1.807) is 24.3 Å².